The topological polar surface area (TPSA) is 110 Å². The number of amides is 1. The summed E-state index contributed by atoms with van der Waals surface area (Å²) in [5, 5.41) is 5.94. The van der Waals surface area contributed by atoms with E-state index in [1.54, 1.807) is 5.06 Å². The molecule has 38 heavy (non-hydrogen) atoms. The maximum absolute atomic E-state index is 11.9. The molecule has 1 aromatic heterocycles. The molecule has 2 atom stereocenters. The lowest BCUT2D eigenvalue weighted by molar-refractivity contribution is -0.158. The van der Waals surface area contributed by atoms with Crippen molar-refractivity contribution in [2.75, 3.05) is 26.2 Å². The van der Waals surface area contributed by atoms with Crippen molar-refractivity contribution < 1.29 is 23.6 Å². The second-order valence-corrected chi connectivity index (χ2v) is 11.1. The van der Waals surface area contributed by atoms with Crippen molar-refractivity contribution in [3.63, 3.8) is 0 Å². The van der Waals surface area contributed by atoms with Crippen molar-refractivity contribution in [3.8, 4) is 11.5 Å². The number of hydrogen-bond acceptors (Lipinski definition) is 9. The zero-order valence-electron chi connectivity index (χ0n) is 21.8. The van der Waals surface area contributed by atoms with Crippen molar-refractivity contribution in [1.29, 1.82) is 0 Å². The van der Waals surface area contributed by atoms with Gasteiger partial charge in [-0.3, -0.25) is 9.69 Å². The van der Waals surface area contributed by atoms with Crippen LogP contribution in [-0.2, 0) is 20.9 Å². The fraction of sp³-hybridized carbons (Fsp3) is 0.429. The Balaban J connectivity index is 1.06. The number of carbonyl (C=O) groups excluding carboxylic acids is 2. The van der Waals surface area contributed by atoms with Crippen LogP contribution in [-0.4, -0.2) is 64.5 Å². The maximum atomic E-state index is 11.9. The standard InChI is InChI=1S/C28H31N5O5/c1-28(2,3)37-27(35)38-33-12-10-32(11-13-33)16-17-4-6-18(7-5-17)26-29-22-9-8-19(14-23(22)36-26)24-20-15-21(20)25(34)31-30-24/h4-9,14,20-21H,10-13,15-16H2,1-3H3,(H,31,34). The predicted octanol–water partition coefficient (Wildman–Crippen LogP) is 3.95. The van der Waals surface area contributed by atoms with Gasteiger partial charge in [-0.15, -0.1) is 5.06 Å². The molecular formula is C28H31N5O5. The summed E-state index contributed by atoms with van der Waals surface area (Å²) >= 11 is 0. The number of hydroxylamine groups is 2. The number of hydrogen-bond donors (Lipinski definition) is 1. The molecule has 1 amide bonds. The minimum Gasteiger partial charge on any atom is -0.436 e. The number of piperazine rings is 1. The van der Waals surface area contributed by atoms with Crippen LogP contribution in [0.15, 0.2) is 52.0 Å². The highest BCUT2D eigenvalue weighted by molar-refractivity contribution is 6.10. The number of aromatic nitrogens is 1. The lowest BCUT2D eigenvalue weighted by Gasteiger charge is -2.33. The Morgan fingerprint density at radius 1 is 1.05 bits per heavy atom. The average molecular weight is 518 g/mol. The molecule has 1 aliphatic carbocycles. The molecule has 3 heterocycles. The van der Waals surface area contributed by atoms with Crippen LogP contribution in [0.3, 0.4) is 0 Å². The second kappa shape index (κ2) is 9.52. The van der Waals surface area contributed by atoms with Gasteiger partial charge in [0.2, 0.25) is 11.8 Å². The van der Waals surface area contributed by atoms with Gasteiger partial charge in [0.25, 0.3) is 0 Å². The van der Waals surface area contributed by atoms with E-state index in [-0.39, 0.29) is 17.7 Å². The molecule has 2 aromatic carbocycles. The number of nitrogens with one attached hydrogen (secondary N) is 1. The quantitative estimate of drug-likeness (QED) is 0.507. The number of benzene rings is 2. The molecule has 0 radical (unpaired) electrons. The number of rotatable bonds is 5. The fourth-order valence-corrected chi connectivity index (χ4v) is 4.92. The van der Waals surface area contributed by atoms with Gasteiger partial charge in [-0.1, -0.05) is 18.2 Å². The third-order valence-corrected chi connectivity index (χ3v) is 6.98. The van der Waals surface area contributed by atoms with Gasteiger partial charge in [0.15, 0.2) is 5.58 Å². The summed E-state index contributed by atoms with van der Waals surface area (Å²) in [6.45, 7) is 9.08. The molecule has 198 valence electrons. The van der Waals surface area contributed by atoms with Gasteiger partial charge >= 0.3 is 6.16 Å². The summed E-state index contributed by atoms with van der Waals surface area (Å²) < 4.78 is 11.3. The summed E-state index contributed by atoms with van der Waals surface area (Å²) in [5.41, 5.74) is 7.50. The third-order valence-electron chi connectivity index (χ3n) is 6.98. The van der Waals surface area contributed by atoms with Crippen LogP contribution in [0, 0.1) is 11.8 Å². The van der Waals surface area contributed by atoms with E-state index in [0.29, 0.717) is 24.6 Å². The van der Waals surface area contributed by atoms with Gasteiger partial charge < -0.3 is 14.0 Å². The zero-order valence-corrected chi connectivity index (χ0v) is 21.8. The van der Waals surface area contributed by atoms with Crippen molar-refractivity contribution in [3.05, 3.63) is 53.6 Å². The zero-order chi connectivity index (χ0) is 26.4. The molecule has 10 heteroatoms. The maximum Gasteiger partial charge on any atom is 0.528 e. The first-order valence-corrected chi connectivity index (χ1v) is 13.0. The van der Waals surface area contributed by atoms with E-state index in [0.717, 1.165) is 48.4 Å². The monoisotopic (exact) mass is 517 g/mol. The molecule has 0 bridgehead atoms. The Labute approximate surface area is 220 Å². The molecule has 6 rings (SSSR count). The van der Waals surface area contributed by atoms with Crippen LogP contribution in [0.2, 0.25) is 0 Å². The summed E-state index contributed by atoms with van der Waals surface area (Å²) in [7, 11) is 0. The number of carbonyl (C=O) groups is 2. The second-order valence-electron chi connectivity index (χ2n) is 11.1. The molecule has 3 aliphatic rings. The molecule has 2 unspecified atom stereocenters. The number of ether oxygens (including phenoxy) is 1. The highest BCUT2D eigenvalue weighted by Gasteiger charge is 2.49. The molecule has 0 spiro atoms. The molecular weight excluding hydrogens is 486 g/mol. The van der Waals surface area contributed by atoms with Crippen molar-refractivity contribution in [2.24, 2.45) is 16.9 Å². The molecule has 3 aromatic rings. The van der Waals surface area contributed by atoms with E-state index in [9.17, 15) is 9.59 Å². The minimum atomic E-state index is -0.662. The van der Waals surface area contributed by atoms with E-state index in [2.05, 4.69) is 32.5 Å². The smallest absolute Gasteiger partial charge is 0.436 e. The van der Waals surface area contributed by atoms with Gasteiger partial charge in [0.05, 0.1) is 5.71 Å². The summed E-state index contributed by atoms with van der Waals surface area (Å²) in [6.07, 6.45) is 0.191. The van der Waals surface area contributed by atoms with Crippen molar-refractivity contribution in [1.82, 2.24) is 20.4 Å². The Hall–Kier alpha value is -3.76. The average Bonchev–Trinajstić information content (AvgIpc) is 3.57. The van der Waals surface area contributed by atoms with Crippen LogP contribution in [0.1, 0.15) is 38.3 Å². The van der Waals surface area contributed by atoms with Crippen LogP contribution in [0.5, 0.6) is 0 Å². The predicted molar refractivity (Wildman–Crippen MR) is 140 cm³/mol. The SMILES string of the molecule is CC(C)(C)OC(=O)ON1CCN(Cc2ccc(-c3nc4ccc(C5=NNC(=O)C6CC56)cc4o3)cc2)CC1. The van der Waals surface area contributed by atoms with Crippen LogP contribution < -0.4 is 5.43 Å². The van der Waals surface area contributed by atoms with Crippen LogP contribution in [0.4, 0.5) is 4.79 Å². The van der Waals surface area contributed by atoms with Gasteiger partial charge in [-0.05, 0) is 57.0 Å². The number of fused-ring (bicyclic) bond motifs is 2. The fourth-order valence-electron chi connectivity index (χ4n) is 4.92. The van der Waals surface area contributed by atoms with Gasteiger partial charge in [0, 0.05) is 55.7 Å². The van der Waals surface area contributed by atoms with Crippen LogP contribution in [0.25, 0.3) is 22.6 Å². The first kappa shape index (κ1) is 24.6. The first-order chi connectivity index (χ1) is 18.2. The van der Waals surface area contributed by atoms with E-state index in [4.69, 9.17) is 14.0 Å². The normalized spacial score (nSPS) is 22.0. The van der Waals surface area contributed by atoms with E-state index in [1.165, 1.54) is 5.56 Å². The van der Waals surface area contributed by atoms with E-state index >= 15 is 0 Å². The summed E-state index contributed by atoms with van der Waals surface area (Å²) in [4.78, 5) is 35.9. The highest BCUT2D eigenvalue weighted by Crippen LogP contribution is 2.43. The van der Waals surface area contributed by atoms with Gasteiger partial charge in [0.1, 0.15) is 11.1 Å². The Bertz CT molecular complexity index is 1400. The van der Waals surface area contributed by atoms with Gasteiger partial charge in [-0.25, -0.2) is 15.2 Å². The van der Waals surface area contributed by atoms with Crippen molar-refractivity contribution in [2.45, 2.75) is 39.3 Å². The summed E-state index contributed by atoms with van der Waals surface area (Å²) in [5.74, 6) is 0.840. The lowest BCUT2D eigenvalue weighted by Crippen LogP contribution is -2.47. The largest absolute Gasteiger partial charge is 0.528 e. The van der Waals surface area contributed by atoms with Gasteiger partial charge in [-0.2, -0.15) is 5.10 Å². The van der Waals surface area contributed by atoms with Crippen LogP contribution >= 0.6 is 0 Å². The van der Waals surface area contributed by atoms with E-state index in [1.807, 2.05) is 51.1 Å². The number of hydrazone groups is 1. The first-order valence-electron chi connectivity index (χ1n) is 13.0. The Morgan fingerprint density at radius 2 is 1.79 bits per heavy atom. The number of nitrogens with zero attached hydrogens (tertiary/aromatic N) is 4. The number of oxazole rings is 1. The molecule has 1 N–H and O–H groups in total. The molecule has 10 nitrogen and oxygen atoms in total. The molecule has 1 saturated carbocycles. The van der Waals surface area contributed by atoms with Crippen molar-refractivity contribution >= 4 is 28.9 Å². The van der Waals surface area contributed by atoms with E-state index < -0.39 is 11.8 Å². The Kier molecular flexibility index (Phi) is 6.16. The molecule has 2 fully saturated rings. The lowest BCUT2D eigenvalue weighted by atomic mass is 10.0. The summed E-state index contributed by atoms with van der Waals surface area (Å²) in [6, 6.07) is 14.1. The minimum absolute atomic E-state index is 0.0136. The third kappa shape index (κ3) is 5.27. The Morgan fingerprint density at radius 3 is 2.53 bits per heavy atom. The molecule has 1 saturated heterocycles. The highest BCUT2D eigenvalue weighted by atomic mass is 16.8. The molecule has 2 aliphatic heterocycles.